The Labute approximate surface area is 139 Å². The molecule has 1 saturated carbocycles. The second kappa shape index (κ2) is 7.82. The van der Waals surface area contributed by atoms with Crippen LogP contribution in [0.1, 0.15) is 38.2 Å². The number of piperidine rings is 1. The highest BCUT2D eigenvalue weighted by Gasteiger charge is 2.38. The van der Waals surface area contributed by atoms with Gasteiger partial charge in [0.2, 0.25) is 0 Å². The molecule has 1 N–H and O–H groups in total. The van der Waals surface area contributed by atoms with Crippen molar-refractivity contribution in [3.63, 3.8) is 0 Å². The van der Waals surface area contributed by atoms with E-state index >= 15 is 0 Å². The van der Waals surface area contributed by atoms with Gasteiger partial charge in [-0.25, -0.2) is 4.79 Å². The van der Waals surface area contributed by atoms with Crippen LogP contribution < -0.4 is 5.32 Å². The van der Waals surface area contributed by atoms with Gasteiger partial charge in [-0.2, -0.15) is 0 Å². The van der Waals surface area contributed by atoms with Crippen LogP contribution in [0.15, 0.2) is 30.3 Å². The molecule has 2 aliphatic rings. The van der Waals surface area contributed by atoms with E-state index in [4.69, 9.17) is 0 Å². The van der Waals surface area contributed by atoms with Crippen LogP contribution in [-0.2, 0) is 6.42 Å². The van der Waals surface area contributed by atoms with Gasteiger partial charge in [0.25, 0.3) is 0 Å². The van der Waals surface area contributed by atoms with Gasteiger partial charge in [-0.3, -0.25) is 0 Å². The third kappa shape index (κ3) is 4.47. The normalized spacial score (nSPS) is 19.5. The first-order chi connectivity index (χ1) is 11.3. The van der Waals surface area contributed by atoms with Crippen LogP contribution in [-0.4, -0.2) is 54.1 Å². The molecule has 0 spiro atoms. The summed E-state index contributed by atoms with van der Waals surface area (Å²) in [6, 6.07) is 11.8. The molecule has 1 heterocycles. The fraction of sp³-hybridized carbons (Fsp3) is 0.632. The van der Waals surface area contributed by atoms with Crippen LogP contribution in [0.5, 0.6) is 0 Å². The van der Waals surface area contributed by atoms with E-state index in [0.717, 1.165) is 45.4 Å². The van der Waals surface area contributed by atoms with E-state index in [1.165, 1.54) is 18.4 Å². The molecule has 2 fully saturated rings. The van der Waals surface area contributed by atoms with Gasteiger partial charge in [0.05, 0.1) is 0 Å². The highest BCUT2D eigenvalue weighted by atomic mass is 16.2. The number of nitrogens with zero attached hydrogens (tertiary/aromatic N) is 2. The van der Waals surface area contributed by atoms with E-state index in [-0.39, 0.29) is 6.03 Å². The third-order valence-corrected chi connectivity index (χ3v) is 5.01. The third-order valence-electron chi connectivity index (χ3n) is 5.01. The number of rotatable bonds is 6. The molecule has 2 amide bonds. The number of benzene rings is 1. The zero-order valence-electron chi connectivity index (χ0n) is 14.2. The van der Waals surface area contributed by atoms with E-state index in [2.05, 4.69) is 45.4 Å². The molecule has 3 rings (SSSR count). The van der Waals surface area contributed by atoms with Crippen LogP contribution in [0, 0.1) is 0 Å². The van der Waals surface area contributed by atoms with Gasteiger partial charge in [0.15, 0.2) is 0 Å². The molecule has 0 unspecified atom stereocenters. The summed E-state index contributed by atoms with van der Waals surface area (Å²) in [6.07, 6.45) is 5.72. The Hall–Kier alpha value is -1.55. The number of urea groups is 1. The monoisotopic (exact) mass is 315 g/mol. The van der Waals surface area contributed by atoms with Crippen molar-refractivity contribution < 1.29 is 4.79 Å². The Balaban J connectivity index is 1.46. The van der Waals surface area contributed by atoms with Gasteiger partial charge in [-0.1, -0.05) is 30.3 Å². The zero-order chi connectivity index (χ0) is 16.1. The summed E-state index contributed by atoms with van der Waals surface area (Å²) < 4.78 is 0. The molecular weight excluding hydrogens is 286 g/mol. The van der Waals surface area contributed by atoms with E-state index in [1.54, 1.807) is 0 Å². The molecule has 1 saturated heterocycles. The second-order valence-corrected chi connectivity index (χ2v) is 6.78. The van der Waals surface area contributed by atoms with Gasteiger partial charge in [-0.05, 0) is 44.6 Å². The molecule has 4 nitrogen and oxygen atoms in total. The molecule has 0 aromatic heterocycles. The van der Waals surface area contributed by atoms with Gasteiger partial charge < -0.3 is 15.1 Å². The first-order valence-corrected chi connectivity index (χ1v) is 9.10. The molecule has 0 bridgehead atoms. The number of likely N-dealkylation sites (tertiary alicyclic amines) is 1. The summed E-state index contributed by atoms with van der Waals surface area (Å²) in [4.78, 5) is 17.0. The number of carbonyl (C=O) groups excluding carboxylic acids is 1. The highest BCUT2D eigenvalue weighted by Crippen LogP contribution is 2.31. The Kier molecular flexibility index (Phi) is 5.55. The van der Waals surface area contributed by atoms with E-state index < -0.39 is 0 Å². The van der Waals surface area contributed by atoms with Gasteiger partial charge in [0, 0.05) is 38.3 Å². The zero-order valence-corrected chi connectivity index (χ0v) is 14.2. The number of carbonyl (C=O) groups is 1. The molecule has 1 aliphatic heterocycles. The average Bonchev–Trinajstić information content (AvgIpc) is 3.40. The largest absolute Gasteiger partial charge is 0.338 e. The number of nitrogens with one attached hydrogen (secondary N) is 1. The molecule has 4 heteroatoms. The fourth-order valence-electron chi connectivity index (χ4n) is 3.58. The van der Waals surface area contributed by atoms with Crippen LogP contribution in [0.3, 0.4) is 0 Å². The second-order valence-electron chi connectivity index (χ2n) is 6.78. The van der Waals surface area contributed by atoms with Crippen molar-refractivity contribution in [1.82, 2.24) is 15.1 Å². The Morgan fingerprint density at radius 3 is 2.39 bits per heavy atom. The molecule has 1 aromatic rings. The predicted octanol–water partition coefficient (Wildman–Crippen LogP) is 2.89. The van der Waals surface area contributed by atoms with Crippen LogP contribution in [0.2, 0.25) is 0 Å². The van der Waals surface area contributed by atoms with Gasteiger partial charge in [0.1, 0.15) is 0 Å². The Morgan fingerprint density at radius 1 is 1.13 bits per heavy atom. The van der Waals surface area contributed by atoms with Crippen molar-refractivity contribution in [2.75, 3.05) is 26.2 Å². The smallest absolute Gasteiger partial charge is 0.317 e. The summed E-state index contributed by atoms with van der Waals surface area (Å²) in [7, 11) is 0. The molecule has 1 aromatic carbocycles. The summed E-state index contributed by atoms with van der Waals surface area (Å²) in [5.74, 6) is 0. The maximum atomic E-state index is 12.3. The van der Waals surface area contributed by atoms with Gasteiger partial charge in [-0.15, -0.1) is 0 Å². The van der Waals surface area contributed by atoms with Crippen molar-refractivity contribution in [1.29, 1.82) is 0 Å². The van der Waals surface area contributed by atoms with Gasteiger partial charge >= 0.3 is 6.03 Å². The van der Waals surface area contributed by atoms with Crippen LogP contribution in [0.25, 0.3) is 0 Å². The number of hydrogen-bond donors (Lipinski definition) is 1. The minimum Gasteiger partial charge on any atom is -0.338 e. The first-order valence-electron chi connectivity index (χ1n) is 9.10. The highest BCUT2D eigenvalue weighted by molar-refractivity contribution is 5.75. The lowest BCUT2D eigenvalue weighted by Crippen LogP contribution is -2.51. The quantitative estimate of drug-likeness (QED) is 0.876. The SMILES string of the molecule is CCNC(=O)N(C1CC1)C1CCN(CCc2ccccc2)CC1. The summed E-state index contributed by atoms with van der Waals surface area (Å²) >= 11 is 0. The van der Waals surface area contributed by atoms with E-state index in [9.17, 15) is 4.79 Å². The number of hydrogen-bond acceptors (Lipinski definition) is 2. The lowest BCUT2D eigenvalue weighted by Gasteiger charge is -2.38. The molecule has 23 heavy (non-hydrogen) atoms. The molecular formula is C19H29N3O. The minimum atomic E-state index is 0.151. The summed E-state index contributed by atoms with van der Waals surface area (Å²) in [5, 5.41) is 3.00. The lowest BCUT2D eigenvalue weighted by atomic mass is 10.0. The Morgan fingerprint density at radius 2 is 1.78 bits per heavy atom. The molecule has 0 atom stereocenters. The van der Waals surface area contributed by atoms with E-state index in [0.29, 0.717) is 12.1 Å². The lowest BCUT2D eigenvalue weighted by molar-refractivity contribution is 0.117. The minimum absolute atomic E-state index is 0.151. The Bertz CT molecular complexity index is 493. The van der Waals surface area contributed by atoms with Crippen molar-refractivity contribution in [2.45, 2.75) is 51.1 Å². The first kappa shape index (κ1) is 16.3. The summed E-state index contributed by atoms with van der Waals surface area (Å²) in [5.41, 5.74) is 1.41. The maximum Gasteiger partial charge on any atom is 0.317 e. The summed E-state index contributed by atoms with van der Waals surface area (Å²) in [6.45, 7) is 6.06. The number of amides is 2. The maximum absolute atomic E-state index is 12.3. The molecule has 126 valence electrons. The topological polar surface area (TPSA) is 35.6 Å². The van der Waals surface area contributed by atoms with E-state index in [1.807, 2.05) is 6.92 Å². The van der Waals surface area contributed by atoms with Crippen molar-refractivity contribution in [3.05, 3.63) is 35.9 Å². The van der Waals surface area contributed by atoms with Crippen LogP contribution >= 0.6 is 0 Å². The van der Waals surface area contributed by atoms with Crippen molar-refractivity contribution in [2.24, 2.45) is 0 Å². The molecule has 1 aliphatic carbocycles. The molecule has 0 radical (unpaired) electrons. The van der Waals surface area contributed by atoms with Crippen LogP contribution in [0.4, 0.5) is 4.79 Å². The predicted molar refractivity (Wildman–Crippen MR) is 93.5 cm³/mol. The standard InChI is InChI=1S/C19H29N3O/c1-2-20-19(23)22(17-8-9-17)18-11-14-21(15-12-18)13-10-16-6-4-3-5-7-16/h3-7,17-18H,2,8-15H2,1H3,(H,20,23). The fourth-order valence-corrected chi connectivity index (χ4v) is 3.58. The van der Waals surface area contributed by atoms with Crippen molar-refractivity contribution in [3.8, 4) is 0 Å². The van der Waals surface area contributed by atoms with Crippen molar-refractivity contribution >= 4 is 6.03 Å². The average molecular weight is 315 g/mol.